The Labute approximate surface area is 191 Å². The average molecular weight is 478 g/mol. The standard InChI is InChI=1S/C21H32ClN3O3S.ClH/c1-2-17-29(27,28)25-15-13-24(14-16-25)21(11-7-4-8-12-21)20(22)23-19(26)18-9-5-3-6-10-18;/h3,5-6,9-10,20H,2,4,7-8,11-17H2,1H3,(H,23,26);1H. The van der Waals surface area contributed by atoms with Crippen molar-refractivity contribution >= 4 is 39.9 Å². The Morgan fingerprint density at radius 1 is 1.10 bits per heavy atom. The van der Waals surface area contributed by atoms with Gasteiger partial charge in [-0.1, -0.05) is 56.0 Å². The Morgan fingerprint density at radius 2 is 1.70 bits per heavy atom. The van der Waals surface area contributed by atoms with Gasteiger partial charge in [-0.25, -0.2) is 8.42 Å². The molecule has 6 nitrogen and oxygen atoms in total. The summed E-state index contributed by atoms with van der Waals surface area (Å²) < 4.78 is 26.4. The number of hydrogen-bond donors (Lipinski definition) is 1. The fraction of sp³-hybridized carbons (Fsp3) is 0.667. The van der Waals surface area contributed by atoms with Crippen LogP contribution in [0.2, 0.25) is 0 Å². The quantitative estimate of drug-likeness (QED) is 0.482. The first-order valence-electron chi connectivity index (χ1n) is 10.6. The maximum absolute atomic E-state index is 12.7. The molecule has 9 heteroatoms. The van der Waals surface area contributed by atoms with Crippen LogP contribution in [0.1, 0.15) is 55.8 Å². The van der Waals surface area contributed by atoms with Gasteiger partial charge in [0, 0.05) is 31.7 Å². The van der Waals surface area contributed by atoms with Crippen molar-refractivity contribution in [1.29, 1.82) is 0 Å². The Morgan fingerprint density at radius 3 is 2.27 bits per heavy atom. The second-order valence-corrected chi connectivity index (χ2v) is 10.6. The van der Waals surface area contributed by atoms with Crippen molar-refractivity contribution < 1.29 is 13.2 Å². The normalized spacial score (nSPS) is 21.4. The van der Waals surface area contributed by atoms with E-state index in [1.807, 2.05) is 25.1 Å². The Hall–Kier alpha value is -0.860. The molecule has 1 atom stereocenters. The summed E-state index contributed by atoms with van der Waals surface area (Å²) in [4.78, 5) is 15.0. The van der Waals surface area contributed by atoms with Gasteiger partial charge in [0.1, 0.15) is 5.50 Å². The molecule has 1 aromatic rings. The van der Waals surface area contributed by atoms with E-state index in [9.17, 15) is 13.2 Å². The van der Waals surface area contributed by atoms with Gasteiger partial charge < -0.3 is 5.32 Å². The SMILES string of the molecule is CCCS(=O)(=O)N1CCN(C2(C(Cl)NC(=O)c3ccccc3)CCCCC2)CC1.Cl. The van der Waals surface area contributed by atoms with Crippen LogP contribution in [0.5, 0.6) is 0 Å². The van der Waals surface area contributed by atoms with Crippen molar-refractivity contribution in [2.75, 3.05) is 31.9 Å². The highest BCUT2D eigenvalue weighted by atomic mass is 35.5. The topological polar surface area (TPSA) is 69.7 Å². The van der Waals surface area contributed by atoms with E-state index in [-0.39, 0.29) is 29.6 Å². The highest BCUT2D eigenvalue weighted by Crippen LogP contribution is 2.39. The van der Waals surface area contributed by atoms with Gasteiger partial charge in [-0.2, -0.15) is 4.31 Å². The summed E-state index contributed by atoms with van der Waals surface area (Å²) in [6.45, 7) is 4.15. The Bertz CT molecular complexity index is 778. The average Bonchev–Trinajstić information content (AvgIpc) is 2.75. The fourth-order valence-electron chi connectivity index (χ4n) is 4.61. The van der Waals surface area contributed by atoms with Crippen LogP contribution in [-0.2, 0) is 10.0 Å². The summed E-state index contributed by atoms with van der Waals surface area (Å²) >= 11 is 6.87. The molecule has 1 aromatic carbocycles. The fourth-order valence-corrected chi connectivity index (χ4v) is 6.56. The number of nitrogens with one attached hydrogen (secondary N) is 1. The molecule has 1 N–H and O–H groups in total. The highest BCUT2D eigenvalue weighted by molar-refractivity contribution is 7.89. The molecule has 0 bridgehead atoms. The van der Waals surface area contributed by atoms with Crippen LogP contribution in [-0.4, -0.2) is 66.5 Å². The summed E-state index contributed by atoms with van der Waals surface area (Å²) in [7, 11) is -3.18. The minimum Gasteiger partial charge on any atom is -0.334 e. The van der Waals surface area contributed by atoms with Crippen LogP contribution in [0.15, 0.2) is 30.3 Å². The molecule has 1 aliphatic carbocycles. The van der Waals surface area contributed by atoms with E-state index in [1.54, 1.807) is 16.4 Å². The third kappa shape index (κ3) is 5.68. The van der Waals surface area contributed by atoms with Crippen LogP contribution in [0.3, 0.4) is 0 Å². The van der Waals surface area contributed by atoms with E-state index < -0.39 is 15.5 Å². The van der Waals surface area contributed by atoms with Crippen LogP contribution in [0.25, 0.3) is 0 Å². The van der Waals surface area contributed by atoms with E-state index in [4.69, 9.17) is 11.6 Å². The van der Waals surface area contributed by atoms with Gasteiger partial charge in [-0.15, -0.1) is 12.4 Å². The van der Waals surface area contributed by atoms with E-state index in [0.29, 0.717) is 38.2 Å². The molecule has 1 unspecified atom stereocenters. The molecule has 2 fully saturated rings. The van der Waals surface area contributed by atoms with Crippen molar-refractivity contribution in [2.24, 2.45) is 0 Å². The van der Waals surface area contributed by atoms with Gasteiger partial charge >= 0.3 is 0 Å². The highest BCUT2D eigenvalue weighted by Gasteiger charge is 2.46. The summed E-state index contributed by atoms with van der Waals surface area (Å²) in [6.07, 6.45) is 5.76. The van der Waals surface area contributed by atoms with Gasteiger partial charge in [0.15, 0.2) is 0 Å². The smallest absolute Gasteiger partial charge is 0.252 e. The number of sulfonamides is 1. The summed E-state index contributed by atoms with van der Waals surface area (Å²) in [5.74, 6) is 0.0309. The maximum atomic E-state index is 12.7. The van der Waals surface area contributed by atoms with Crippen molar-refractivity contribution in [3.05, 3.63) is 35.9 Å². The molecule has 3 rings (SSSR count). The van der Waals surface area contributed by atoms with Gasteiger partial charge in [0.25, 0.3) is 5.91 Å². The van der Waals surface area contributed by atoms with Crippen molar-refractivity contribution in [2.45, 2.75) is 56.5 Å². The number of hydrogen-bond acceptors (Lipinski definition) is 4. The lowest BCUT2D eigenvalue weighted by Crippen LogP contribution is -2.65. The minimum absolute atomic E-state index is 0. The van der Waals surface area contributed by atoms with Gasteiger partial charge in [-0.3, -0.25) is 9.69 Å². The second-order valence-electron chi connectivity index (χ2n) is 8.07. The van der Waals surface area contributed by atoms with E-state index >= 15 is 0 Å². The molecule has 0 spiro atoms. The van der Waals surface area contributed by atoms with E-state index in [1.165, 1.54) is 6.42 Å². The van der Waals surface area contributed by atoms with Gasteiger partial charge in [0.2, 0.25) is 10.0 Å². The van der Waals surface area contributed by atoms with Gasteiger partial charge in [0.05, 0.1) is 11.3 Å². The van der Waals surface area contributed by atoms with Crippen LogP contribution in [0, 0.1) is 0 Å². The van der Waals surface area contributed by atoms with E-state index in [0.717, 1.165) is 25.7 Å². The lowest BCUT2D eigenvalue weighted by atomic mass is 9.79. The molecule has 0 radical (unpaired) electrons. The van der Waals surface area contributed by atoms with E-state index in [2.05, 4.69) is 10.2 Å². The number of alkyl halides is 1. The molecule has 1 amide bonds. The number of piperazine rings is 1. The third-order valence-electron chi connectivity index (χ3n) is 6.21. The Balaban J connectivity index is 0.00000320. The summed E-state index contributed by atoms with van der Waals surface area (Å²) in [6, 6.07) is 9.12. The lowest BCUT2D eigenvalue weighted by molar-refractivity contribution is 0.0145. The molecule has 2 aliphatic rings. The van der Waals surface area contributed by atoms with Crippen LogP contribution < -0.4 is 5.32 Å². The first-order chi connectivity index (χ1) is 13.9. The van der Waals surface area contributed by atoms with Crippen LogP contribution in [0.4, 0.5) is 0 Å². The lowest BCUT2D eigenvalue weighted by Gasteiger charge is -2.51. The number of halogens is 2. The Kier molecular flexibility index (Phi) is 9.43. The monoisotopic (exact) mass is 477 g/mol. The first kappa shape index (κ1) is 25.4. The zero-order chi connectivity index (χ0) is 20.9. The molecule has 30 heavy (non-hydrogen) atoms. The van der Waals surface area contributed by atoms with Crippen molar-refractivity contribution in [3.8, 4) is 0 Å². The van der Waals surface area contributed by atoms with Gasteiger partial charge in [-0.05, 0) is 31.4 Å². The molecular formula is C21H33Cl2N3O3S. The maximum Gasteiger partial charge on any atom is 0.252 e. The third-order valence-corrected chi connectivity index (χ3v) is 8.80. The van der Waals surface area contributed by atoms with Crippen molar-refractivity contribution in [1.82, 2.24) is 14.5 Å². The summed E-state index contributed by atoms with van der Waals surface area (Å²) in [5.41, 5.74) is -0.251. The molecule has 1 saturated heterocycles. The molecule has 1 saturated carbocycles. The number of amides is 1. The number of carbonyl (C=O) groups is 1. The molecule has 1 aliphatic heterocycles. The second kappa shape index (κ2) is 11.1. The zero-order valence-corrected chi connectivity index (χ0v) is 19.9. The number of nitrogens with zero attached hydrogens (tertiary/aromatic N) is 2. The molecule has 170 valence electrons. The zero-order valence-electron chi connectivity index (χ0n) is 17.6. The molecule has 0 aromatic heterocycles. The minimum atomic E-state index is -3.18. The predicted molar refractivity (Wildman–Crippen MR) is 124 cm³/mol. The number of carbonyl (C=O) groups excluding carboxylic acids is 1. The first-order valence-corrected chi connectivity index (χ1v) is 12.7. The number of benzene rings is 1. The molecule has 1 heterocycles. The number of rotatable bonds is 7. The largest absolute Gasteiger partial charge is 0.334 e. The summed E-state index contributed by atoms with van der Waals surface area (Å²) in [5, 5.41) is 3.02. The predicted octanol–water partition coefficient (Wildman–Crippen LogP) is 3.46. The molecular weight excluding hydrogens is 445 g/mol. The van der Waals surface area contributed by atoms with Crippen molar-refractivity contribution in [3.63, 3.8) is 0 Å². The van der Waals surface area contributed by atoms with Crippen LogP contribution >= 0.6 is 24.0 Å².